The summed E-state index contributed by atoms with van der Waals surface area (Å²) in [6.07, 6.45) is 1.35. The highest BCUT2D eigenvalue weighted by atomic mass is 79.9. The van der Waals surface area contributed by atoms with Gasteiger partial charge in [-0.25, -0.2) is 9.69 Å². The number of hydrogen-bond donors (Lipinski definition) is 1. The van der Waals surface area contributed by atoms with Gasteiger partial charge >= 0.3 is 6.03 Å². The van der Waals surface area contributed by atoms with Crippen molar-refractivity contribution in [1.29, 1.82) is 0 Å². The molecule has 0 spiro atoms. The van der Waals surface area contributed by atoms with Crippen LogP contribution in [0.2, 0.25) is 5.02 Å². The fourth-order valence-electron chi connectivity index (χ4n) is 3.54. The van der Waals surface area contributed by atoms with E-state index in [1.165, 1.54) is 6.08 Å². The van der Waals surface area contributed by atoms with Crippen LogP contribution in [0.15, 0.2) is 76.8 Å². The quantitative estimate of drug-likeness (QED) is 0.199. The van der Waals surface area contributed by atoms with Crippen LogP contribution in [-0.2, 0) is 9.59 Å². The second-order valence-electron chi connectivity index (χ2n) is 7.71. The van der Waals surface area contributed by atoms with Crippen molar-refractivity contribution >= 4 is 57.1 Å². The lowest BCUT2D eigenvalue weighted by Gasteiger charge is -2.26. The van der Waals surface area contributed by atoms with Gasteiger partial charge in [-0.05, 0) is 67.1 Å². The number of carbonyl (C=O) groups is 3. The van der Waals surface area contributed by atoms with Crippen molar-refractivity contribution in [3.8, 4) is 17.2 Å². The van der Waals surface area contributed by atoms with Gasteiger partial charge in [-0.1, -0.05) is 45.7 Å². The van der Waals surface area contributed by atoms with Crippen LogP contribution < -0.4 is 24.4 Å². The number of barbiturate groups is 1. The molecule has 1 N–H and O–H groups in total. The van der Waals surface area contributed by atoms with Crippen LogP contribution in [0.1, 0.15) is 12.5 Å². The molecular formula is C27H22BrClN2O6. The van der Waals surface area contributed by atoms with E-state index < -0.39 is 17.8 Å². The van der Waals surface area contributed by atoms with Crippen molar-refractivity contribution in [3.63, 3.8) is 0 Å². The minimum atomic E-state index is -0.830. The van der Waals surface area contributed by atoms with E-state index >= 15 is 0 Å². The molecule has 190 valence electrons. The lowest BCUT2D eigenvalue weighted by Crippen LogP contribution is -2.54. The average molecular weight is 586 g/mol. The van der Waals surface area contributed by atoms with Gasteiger partial charge in [0.15, 0.2) is 11.5 Å². The first-order valence-corrected chi connectivity index (χ1v) is 12.5. The second kappa shape index (κ2) is 11.9. The van der Waals surface area contributed by atoms with Crippen LogP contribution in [-0.4, -0.2) is 37.7 Å². The molecule has 4 rings (SSSR count). The van der Waals surface area contributed by atoms with Gasteiger partial charge in [0.05, 0.1) is 17.3 Å². The molecule has 1 aliphatic heterocycles. The van der Waals surface area contributed by atoms with Crippen molar-refractivity contribution in [2.75, 3.05) is 24.7 Å². The lowest BCUT2D eigenvalue weighted by molar-refractivity contribution is -0.122. The molecule has 0 aromatic heterocycles. The third-order valence-electron chi connectivity index (χ3n) is 5.17. The zero-order valence-electron chi connectivity index (χ0n) is 19.7. The van der Waals surface area contributed by atoms with Crippen molar-refractivity contribution in [3.05, 3.63) is 87.4 Å². The third kappa shape index (κ3) is 6.31. The Hall–Kier alpha value is -3.82. The molecule has 0 bridgehead atoms. The summed E-state index contributed by atoms with van der Waals surface area (Å²) in [5, 5.41) is 2.43. The number of hydrogen-bond acceptors (Lipinski definition) is 6. The van der Waals surface area contributed by atoms with Crippen molar-refractivity contribution in [1.82, 2.24) is 5.32 Å². The van der Waals surface area contributed by atoms with E-state index in [0.717, 1.165) is 15.1 Å². The third-order valence-corrected chi connectivity index (χ3v) is 5.98. The topological polar surface area (TPSA) is 94.2 Å². The largest absolute Gasteiger partial charge is 0.490 e. The molecular weight excluding hydrogens is 564 g/mol. The van der Waals surface area contributed by atoms with Crippen LogP contribution in [0.4, 0.5) is 10.5 Å². The fraction of sp³-hybridized carbons (Fsp3) is 0.148. The molecule has 1 aliphatic rings. The number of imide groups is 2. The summed E-state index contributed by atoms with van der Waals surface area (Å²) in [5.41, 5.74) is 0.509. The minimum Gasteiger partial charge on any atom is -0.490 e. The first-order valence-electron chi connectivity index (χ1n) is 11.3. The molecule has 8 nitrogen and oxygen atoms in total. The number of halogens is 2. The fourth-order valence-corrected chi connectivity index (χ4v) is 4.08. The van der Waals surface area contributed by atoms with Gasteiger partial charge in [-0.3, -0.25) is 14.9 Å². The molecule has 3 aromatic carbocycles. The summed E-state index contributed by atoms with van der Waals surface area (Å²) in [4.78, 5) is 39.0. The number of carbonyl (C=O) groups excluding carboxylic acids is 3. The Morgan fingerprint density at radius 3 is 2.35 bits per heavy atom. The number of anilines is 1. The Morgan fingerprint density at radius 2 is 1.65 bits per heavy atom. The smallest absolute Gasteiger partial charge is 0.335 e. The Morgan fingerprint density at radius 1 is 0.946 bits per heavy atom. The van der Waals surface area contributed by atoms with Crippen LogP contribution in [0, 0.1) is 0 Å². The van der Waals surface area contributed by atoms with E-state index in [4.69, 9.17) is 25.8 Å². The van der Waals surface area contributed by atoms with Gasteiger partial charge in [0.1, 0.15) is 24.5 Å². The number of para-hydroxylation sites is 1. The van der Waals surface area contributed by atoms with Crippen molar-refractivity contribution in [2.45, 2.75) is 6.92 Å². The molecule has 1 fully saturated rings. The molecule has 0 atom stereocenters. The first kappa shape index (κ1) is 26.2. The summed E-state index contributed by atoms with van der Waals surface area (Å²) < 4.78 is 17.9. The second-order valence-corrected chi connectivity index (χ2v) is 9.03. The highest BCUT2D eigenvalue weighted by Crippen LogP contribution is 2.37. The highest BCUT2D eigenvalue weighted by Gasteiger charge is 2.36. The average Bonchev–Trinajstić information content (AvgIpc) is 2.87. The van der Waals surface area contributed by atoms with Gasteiger partial charge in [-0.2, -0.15) is 0 Å². The predicted molar refractivity (Wildman–Crippen MR) is 143 cm³/mol. The summed E-state index contributed by atoms with van der Waals surface area (Å²) in [5.74, 6) is -0.200. The van der Waals surface area contributed by atoms with Gasteiger partial charge in [-0.15, -0.1) is 0 Å². The molecule has 0 aliphatic carbocycles. The summed E-state index contributed by atoms with van der Waals surface area (Å²) in [7, 11) is 0. The van der Waals surface area contributed by atoms with Crippen LogP contribution >= 0.6 is 27.5 Å². The van der Waals surface area contributed by atoms with E-state index in [2.05, 4.69) is 21.2 Å². The summed E-state index contributed by atoms with van der Waals surface area (Å²) in [6.45, 7) is 2.63. The van der Waals surface area contributed by atoms with Crippen molar-refractivity contribution < 1.29 is 28.6 Å². The number of rotatable bonds is 9. The Kier molecular flexibility index (Phi) is 8.47. The summed E-state index contributed by atoms with van der Waals surface area (Å²) >= 11 is 9.81. The molecule has 4 amide bonds. The zero-order valence-corrected chi connectivity index (χ0v) is 22.0. The summed E-state index contributed by atoms with van der Waals surface area (Å²) in [6, 6.07) is 18.2. The number of amides is 4. The minimum absolute atomic E-state index is 0.209. The van der Waals surface area contributed by atoms with Crippen molar-refractivity contribution in [2.24, 2.45) is 0 Å². The SMILES string of the molecule is CCOc1cc(/C=C2/C(=O)NC(=O)N(c3ccc(Br)cc3)C2=O)cc(Cl)c1OCCOc1ccccc1. The number of nitrogens with one attached hydrogen (secondary N) is 1. The van der Waals surface area contributed by atoms with E-state index in [0.29, 0.717) is 29.4 Å². The van der Waals surface area contributed by atoms with Crippen LogP contribution in [0.25, 0.3) is 6.08 Å². The van der Waals surface area contributed by atoms with E-state index in [9.17, 15) is 14.4 Å². The van der Waals surface area contributed by atoms with Gasteiger partial charge in [0.25, 0.3) is 11.8 Å². The van der Waals surface area contributed by atoms with E-state index in [1.54, 1.807) is 43.3 Å². The Balaban J connectivity index is 1.56. The number of nitrogens with zero attached hydrogens (tertiary/aromatic N) is 1. The maximum atomic E-state index is 13.2. The Labute approximate surface area is 226 Å². The normalized spacial score (nSPS) is 14.5. The number of benzene rings is 3. The van der Waals surface area contributed by atoms with Gasteiger partial charge in [0.2, 0.25) is 0 Å². The van der Waals surface area contributed by atoms with E-state index in [-0.39, 0.29) is 23.8 Å². The molecule has 10 heteroatoms. The molecule has 1 saturated heterocycles. The first-order chi connectivity index (χ1) is 17.9. The molecule has 3 aromatic rings. The highest BCUT2D eigenvalue weighted by molar-refractivity contribution is 9.10. The Bertz CT molecular complexity index is 1350. The van der Waals surface area contributed by atoms with Gasteiger partial charge < -0.3 is 14.2 Å². The lowest BCUT2D eigenvalue weighted by atomic mass is 10.1. The van der Waals surface area contributed by atoms with Gasteiger partial charge in [0, 0.05) is 4.47 Å². The number of urea groups is 1. The maximum Gasteiger partial charge on any atom is 0.335 e. The standard InChI is InChI=1S/C27H22BrClN2O6/c1-2-35-23-16-17(15-22(29)24(23)37-13-12-36-20-6-4-3-5-7-20)14-21-25(32)30-27(34)31(26(21)33)19-10-8-18(28)9-11-19/h3-11,14-16H,2,12-13H2,1H3,(H,30,32,34)/b21-14-. The molecule has 0 unspecified atom stereocenters. The zero-order chi connectivity index (χ0) is 26.4. The van der Waals surface area contributed by atoms with Crippen LogP contribution in [0.5, 0.6) is 17.2 Å². The van der Waals surface area contributed by atoms with Crippen LogP contribution in [0.3, 0.4) is 0 Å². The predicted octanol–water partition coefficient (Wildman–Crippen LogP) is 5.63. The number of ether oxygens (including phenoxy) is 3. The maximum absolute atomic E-state index is 13.2. The van der Waals surface area contributed by atoms with E-state index in [1.807, 2.05) is 30.3 Å². The molecule has 0 radical (unpaired) electrons. The molecule has 37 heavy (non-hydrogen) atoms. The molecule has 0 saturated carbocycles. The molecule has 1 heterocycles. The monoisotopic (exact) mass is 584 g/mol.